The lowest BCUT2D eigenvalue weighted by Crippen LogP contribution is -2.50. The molecule has 2 aromatic rings. The first kappa shape index (κ1) is 14.7. The molecule has 24 heavy (non-hydrogen) atoms. The van der Waals surface area contributed by atoms with Crippen molar-refractivity contribution in [2.45, 2.75) is 43.9 Å². The standard InChI is InChI=1S/C18H25N5O/c19-7-14-9-23-8-13(12-1-2-12)5-17(18(23)20-14)22-4-3-21-11-16(24)6-15(21)10-22/h5,8-9,12,15-16,24H,1-4,6-7,10-11,19H2. The fraction of sp³-hybridized carbons (Fsp3) is 0.611. The van der Waals surface area contributed by atoms with E-state index in [0.717, 1.165) is 43.9 Å². The highest BCUT2D eigenvalue weighted by Gasteiger charge is 2.36. The first-order valence-corrected chi connectivity index (χ1v) is 9.10. The molecule has 128 valence electrons. The minimum Gasteiger partial charge on any atom is -0.392 e. The largest absolute Gasteiger partial charge is 0.392 e. The molecule has 3 fully saturated rings. The molecule has 3 aliphatic rings. The summed E-state index contributed by atoms with van der Waals surface area (Å²) in [4.78, 5) is 9.66. The SMILES string of the molecule is NCc1cn2cc(C3CC3)cc(N3CCN4CC(O)CC4C3)c2n1. The smallest absolute Gasteiger partial charge is 0.160 e. The highest BCUT2D eigenvalue weighted by molar-refractivity contribution is 5.71. The normalized spacial score (nSPS) is 27.8. The zero-order valence-electron chi connectivity index (χ0n) is 13.9. The Bertz CT molecular complexity index is 768. The molecule has 0 radical (unpaired) electrons. The molecule has 5 rings (SSSR count). The van der Waals surface area contributed by atoms with Gasteiger partial charge < -0.3 is 20.1 Å². The maximum atomic E-state index is 9.96. The Morgan fingerprint density at radius 2 is 2.08 bits per heavy atom. The van der Waals surface area contributed by atoms with Gasteiger partial charge in [0.05, 0.1) is 17.5 Å². The first-order valence-electron chi connectivity index (χ1n) is 9.10. The quantitative estimate of drug-likeness (QED) is 0.877. The number of rotatable bonds is 3. The minimum atomic E-state index is -0.164. The highest BCUT2D eigenvalue weighted by atomic mass is 16.3. The van der Waals surface area contributed by atoms with Crippen LogP contribution in [0.2, 0.25) is 0 Å². The van der Waals surface area contributed by atoms with Crippen LogP contribution in [-0.4, -0.2) is 57.7 Å². The van der Waals surface area contributed by atoms with Crippen molar-refractivity contribution in [2.24, 2.45) is 5.73 Å². The van der Waals surface area contributed by atoms with Gasteiger partial charge in [0.15, 0.2) is 5.65 Å². The van der Waals surface area contributed by atoms with Crippen LogP contribution in [0.3, 0.4) is 0 Å². The number of hydrogen-bond acceptors (Lipinski definition) is 5. The van der Waals surface area contributed by atoms with Crippen molar-refractivity contribution in [2.75, 3.05) is 31.1 Å². The molecule has 0 spiro atoms. The van der Waals surface area contributed by atoms with Gasteiger partial charge in [0, 0.05) is 51.2 Å². The molecule has 2 atom stereocenters. The van der Waals surface area contributed by atoms with Crippen LogP contribution in [0.5, 0.6) is 0 Å². The van der Waals surface area contributed by atoms with Gasteiger partial charge in [-0.3, -0.25) is 4.90 Å². The van der Waals surface area contributed by atoms with Crippen molar-refractivity contribution in [1.29, 1.82) is 0 Å². The van der Waals surface area contributed by atoms with E-state index in [9.17, 15) is 5.11 Å². The number of imidazole rings is 1. The Morgan fingerprint density at radius 3 is 2.88 bits per heavy atom. The van der Waals surface area contributed by atoms with Crippen LogP contribution in [0.15, 0.2) is 18.5 Å². The summed E-state index contributed by atoms with van der Waals surface area (Å²) >= 11 is 0. The summed E-state index contributed by atoms with van der Waals surface area (Å²) < 4.78 is 2.17. The van der Waals surface area contributed by atoms with Crippen molar-refractivity contribution in [3.63, 3.8) is 0 Å². The second-order valence-corrected chi connectivity index (χ2v) is 7.58. The van der Waals surface area contributed by atoms with Gasteiger partial charge in [0.25, 0.3) is 0 Å². The molecule has 1 saturated carbocycles. The molecular formula is C18H25N5O. The summed E-state index contributed by atoms with van der Waals surface area (Å²) in [7, 11) is 0. The molecule has 6 nitrogen and oxygen atoms in total. The number of nitrogens with two attached hydrogens (primary N) is 1. The summed E-state index contributed by atoms with van der Waals surface area (Å²) in [5.41, 5.74) is 10.4. The Kier molecular flexibility index (Phi) is 3.33. The molecular weight excluding hydrogens is 302 g/mol. The number of fused-ring (bicyclic) bond motifs is 2. The maximum absolute atomic E-state index is 9.96. The third-order valence-electron chi connectivity index (χ3n) is 5.80. The Morgan fingerprint density at radius 1 is 1.21 bits per heavy atom. The van der Waals surface area contributed by atoms with Crippen molar-refractivity contribution < 1.29 is 5.11 Å². The molecule has 4 heterocycles. The number of aliphatic hydroxyl groups excluding tert-OH is 1. The number of aliphatic hydroxyl groups is 1. The van der Waals surface area contributed by atoms with E-state index < -0.39 is 0 Å². The van der Waals surface area contributed by atoms with Crippen LogP contribution in [0, 0.1) is 0 Å². The summed E-state index contributed by atoms with van der Waals surface area (Å²) in [5, 5.41) is 9.96. The van der Waals surface area contributed by atoms with Crippen LogP contribution in [0.4, 0.5) is 5.69 Å². The van der Waals surface area contributed by atoms with Gasteiger partial charge in [0.2, 0.25) is 0 Å². The van der Waals surface area contributed by atoms with Crippen LogP contribution >= 0.6 is 0 Å². The van der Waals surface area contributed by atoms with Gasteiger partial charge in [-0.1, -0.05) is 0 Å². The molecule has 2 unspecified atom stereocenters. The summed E-state index contributed by atoms with van der Waals surface area (Å²) in [5.74, 6) is 0.714. The second kappa shape index (κ2) is 5.44. The summed E-state index contributed by atoms with van der Waals surface area (Å²) in [6.07, 6.45) is 7.62. The van der Waals surface area contributed by atoms with Crippen molar-refractivity contribution in [3.8, 4) is 0 Å². The lowest BCUT2D eigenvalue weighted by atomic mass is 10.1. The lowest BCUT2D eigenvalue weighted by molar-refractivity contribution is 0.173. The average Bonchev–Trinajstić information content (AvgIpc) is 3.24. The molecule has 0 bridgehead atoms. The maximum Gasteiger partial charge on any atom is 0.160 e. The minimum absolute atomic E-state index is 0.164. The third kappa shape index (κ3) is 2.41. The van der Waals surface area contributed by atoms with Gasteiger partial charge in [-0.15, -0.1) is 0 Å². The number of piperazine rings is 1. The molecule has 2 aliphatic heterocycles. The second-order valence-electron chi connectivity index (χ2n) is 7.58. The fourth-order valence-corrected chi connectivity index (χ4v) is 4.36. The van der Waals surface area contributed by atoms with E-state index in [4.69, 9.17) is 10.7 Å². The predicted molar refractivity (Wildman–Crippen MR) is 93.3 cm³/mol. The van der Waals surface area contributed by atoms with Crippen molar-refractivity contribution >= 4 is 11.3 Å². The topological polar surface area (TPSA) is 70.0 Å². The molecule has 2 saturated heterocycles. The Hall–Kier alpha value is -1.63. The Labute approximate surface area is 141 Å². The van der Waals surface area contributed by atoms with Crippen LogP contribution < -0.4 is 10.6 Å². The van der Waals surface area contributed by atoms with Crippen LogP contribution in [-0.2, 0) is 6.54 Å². The van der Waals surface area contributed by atoms with E-state index in [0.29, 0.717) is 18.5 Å². The van der Waals surface area contributed by atoms with E-state index in [1.54, 1.807) is 0 Å². The van der Waals surface area contributed by atoms with Gasteiger partial charge in [-0.25, -0.2) is 4.98 Å². The number of pyridine rings is 1. The number of aromatic nitrogens is 2. The summed E-state index contributed by atoms with van der Waals surface area (Å²) in [6.45, 7) is 4.30. The fourth-order valence-electron chi connectivity index (χ4n) is 4.36. The average molecular weight is 327 g/mol. The van der Waals surface area contributed by atoms with E-state index in [1.807, 2.05) is 0 Å². The highest BCUT2D eigenvalue weighted by Crippen LogP contribution is 2.42. The molecule has 0 amide bonds. The van der Waals surface area contributed by atoms with Crippen molar-refractivity contribution in [3.05, 3.63) is 29.7 Å². The lowest BCUT2D eigenvalue weighted by Gasteiger charge is -2.38. The van der Waals surface area contributed by atoms with E-state index in [-0.39, 0.29) is 6.10 Å². The number of anilines is 1. The molecule has 0 aromatic carbocycles. The predicted octanol–water partition coefficient (Wildman–Crippen LogP) is 0.926. The zero-order chi connectivity index (χ0) is 16.3. The first-order chi connectivity index (χ1) is 11.7. The molecule has 1 aliphatic carbocycles. The van der Waals surface area contributed by atoms with E-state index in [1.165, 1.54) is 24.1 Å². The van der Waals surface area contributed by atoms with Gasteiger partial charge in [-0.2, -0.15) is 0 Å². The number of hydrogen-bond donors (Lipinski definition) is 2. The molecule has 6 heteroatoms. The van der Waals surface area contributed by atoms with Crippen LogP contribution in [0.25, 0.3) is 5.65 Å². The van der Waals surface area contributed by atoms with Gasteiger partial charge in [0.1, 0.15) is 0 Å². The Balaban J connectivity index is 1.53. The van der Waals surface area contributed by atoms with Gasteiger partial charge >= 0.3 is 0 Å². The molecule has 3 N–H and O–H groups in total. The number of nitrogens with zero attached hydrogens (tertiary/aromatic N) is 4. The van der Waals surface area contributed by atoms with E-state index in [2.05, 4.69) is 32.7 Å². The van der Waals surface area contributed by atoms with Gasteiger partial charge in [-0.05, 0) is 36.8 Å². The summed E-state index contributed by atoms with van der Waals surface area (Å²) in [6, 6.07) is 2.81. The van der Waals surface area contributed by atoms with E-state index >= 15 is 0 Å². The zero-order valence-corrected chi connectivity index (χ0v) is 13.9. The molecule has 2 aromatic heterocycles. The van der Waals surface area contributed by atoms with Crippen LogP contribution in [0.1, 0.15) is 36.4 Å². The monoisotopic (exact) mass is 327 g/mol. The third-order valence-corrected chi connectivity index (χ3v) is 5.80. The van der Waals surface area contributed by atoms with Crippen molar-refractivity contribution in [1.82, 2.24) is 14.3 Å².